The maximum Gasteiger partial charge on any atom is 0.488 e. The lowest BCUT2D eigenvalue weighted by molar-refractivity contribution is -0.117. The quantitative estimate of drug-likeness (QED) is 0.722. The number of hydrogen-bond donors (Lipinski definition) is 3. The van der Waals surface area contributed by atoms with E-state index in [1.807, 2.05) is 0 Å². The number of benzene rings is 1. The molecule has 0 spiro atoms. The third kappa shape index (κ3) is 2.77. The summed E-state index contributed by atoms with van der Waals surface area (Å²) in [5, 5.41) is 31.5. The van der Waals surface area contributed by atoms with Crippen LogP contribution in [-0.2, 0) is 4.79 Å². The van der Waals surface area contributed by atoms with Crippen LogP contribution in [0.25, 0.3) is 10.8 Å². The lowest BCUT2D eigenvalue weighted by Crippen LogP contribution is -2.29. The number of aromatic nitrogens is 1. The highest BCUT2D eigenvalue weighted by Gasteiger charge is 2.43. The summed E-state index contributed by atoms with van der Waals surface area (Å²) in [4.78, 5) is 16.0. The monoisotopic (exact) mass is 315 g/mol. The molecule has 0 aliphatic heterocycles. The number of anilines is 1. The van der Waals surface area contributed by atoms with Gasteiger partial charge in [-0.3, -0.25) is 4.79 Å². The van der Waals surface area contributed by atoms with Gasteiger partial charge in [-0.05, 0) is 29.4 Å². The second-order valence-corrected chi connectivity index (χ2v) is 5.64. The summed E-state index contributed by atoms with van der Waals surface area (Å²) in [6.07, 6.45) is 2.08. The molecule has 1 aliphatic rings. The van der Waals surface area contributed by atoms with Gasteiger partial charge in [-0.15, -0.1) is 0 Å². The van der Waals surface area contributed by atoms with Crippen molar-refractivity contribution in [2.45, 2.75) is 6.42 Å². The fourth-order valence-electron chi connectivity index (χ4n) is 2.30. The summed E-state index contributed by atoms with van der Waals surface area (Å²) in [7, 11) is -1.63. The van der Waals surface area contributed by atoms with Crippen molar-refractivity contribution in [1.29, 1.82) is 5.26 Å². The van der Waals surface area contributed by atoms with Crippen LogP contribution in [0.5, 0.6) is 0 Å². The number of carbonyl (C=O) groups is 1. The topological polar surface area (TPSA) is 106 Å². The van der Waals surface area contributed by atoms with E-state index in [9.17, 15) is 14.8 Å². The molecule has 3 N–H and O–H groups in total. The van der Waals surface area contributed by atoms with Crippen LogP contribution in [-0.4, -0.2) is 28.1 Å². The number of nitrogens with one attached hydrogen (secondary N) is 1. The Bertz CT molecular complexity index is 806. The van der Waals surface area contributed by atoms with Gasteiger partial charge in [0.2, 0.25) is 5.91 Å². The van der Waals surface area contributed by atoms with E-state index in [1.54, 1.807) is 12.1 Å². The SMILES string of the molecule is N#C[C@@H]1C[C@H]1C(=O)Nc1cc2cc(B(O)O)cc(Cl)c2cn1. The van der Waals surface area contributed by atoms with Crippen LogP contribution in [0.2, 0.25) is 5.02 Å². The van der Waals surface area contributed by atoms with E-state index in [0.29, 0.717) is 28.0 Å². The van der Waals surface area contributed by atoms with Crippen LogP contribution >= 0.6 is 11.6 Å². The molecule has 1 heterocycles. The molecular formula is C14H11BClN3O3. The summed E-state index contributed by atoms with van der Waals surface area (Å²) < 4.78 is 0. The predicted molar refractivity (Wildman–Crippen MR) is 82.4 cm³/mol. The van der Waals surface area contributed by atoms with E-state index >= 15 is 0 Å². The van der Waals surface area contributed by atoms with E-state index < -0.39 is 7.12 Å². The molecule has 1 amide bonds. The first-order valence-electron chi connectivity index (χ1n) is 6.65. The molecule has 0 unspecified atom stereocenters. The van der Waals surface area contributed by atoms with E-state index in [2.05, 4.69) is 16.4 Å². The Balaban J connectivity index is 1.89. The Labute approximate surface area is 131 Å². The molecule has 110 valence electrons. The van der Waals surface area contributed by atoms with Crippen molar-refractivity contribution >= 4 is 46.7 Å². The molecule has 22 heavy (non-hydrogen) atoms. The van der Waals surface area contributed by atoms with Gasteiger partial charge in [0.15, 0.2) is 0 Å². The molecule has 0 saturated heterocycles. The van der Waals surface area contributed by atoms with E-state index in [-0.39, 0.29) is 23.2 Å². The highest BCUT2D eigenvalue weighted by atomic mass is 35.5. The summed E-state index contributed by atoms with van der Waals surface area (Å²) in [6, 6.07) is 6.69. The molecule has 1 aromatic heterocycles. The molecule has 6 nitrogen and oxygen atoms in total. The third-order valence-corrected chi connectivity index (χ3v) is 3.96. The van der Waals surface area contributed by atoms with Gasteiger partial charge in [0.25, 0.3) is 0 Å². The number of fused-ring (bicyclic) bond motifs is 1. The van der Waals surface area contributed by atoms with Gasteiger partial charge in [-0.2, -0.15) is 5.26 Å². The zero-order valence-corrected chi connectivity index (χ0v) is 12.1. The Morgan fingerprint density at radius 2 is 2.23 bits per heavy atom. The van der Waals surface area contributed by atoms with Crippen LogP contribution in [0, 0.1) is 23.2 Å². The minimum absolute atomic E-state index is 0.217. The minimum Gasteiger partial charge on any atom is -0.423 e. The summed E-state index contributed by atoms with van der Waals surface area (Å²) >= 11 is 6.08. The number of hydrogen-bond acceptors (Lipinski definition) is 5. The number of halogens is 1. The first-order valence-corrected chi connectivity index (χ1v) is 7.03. The second kappa shape index (κ2) is 5.57. The van der Waals surface area contributed by atoms with Gasteiger partial charge in [0.05, 0.1) is 17.9 Å². The number of nitriles is 1. The van der Waals surface area contributed by atoms with Crippen molar-refractivity contribution in [3.8, 4) is 6.07 Å². The van der Waals surface area contributed by atoms with Crippen molar-refractivity contribution in [1.82, 2.24) is 4.98 Å². The van der Waals surface area contributed by atoms with Crippen LogP contribution in [0.3, 0.4) is 0 Å². The van der Waals surface area contributed by atoms with E-state index in [1.165, 1.54) is 12.3 Å². The molecule has 3 rings (SSSR count). The molecular weight excluding hydrogens is 304 g/mol. The van der Waals surface area contributed by atoms with E-state index in [4.69, 9.17) is 16.9 Å². The van der Waals surface area contributed by atoms with Crippen molar-refractivity contribution in [3.63, 3.8) is 0 Å². The van der Waals surface area contributed by atoms with Gasteiger partial charge in [0, 0.05) is 16.6 Å². The molecule has 2 aromatic rings. The van der Waals surface area contributed by atoms with Gasteiger partial charge in [-0.1, -0.05) is 17.7 Å². The maximum atomic E-state index is 11.9. The number of nitrogens with zero attached hydrogens (tertiary/aromatic N) is 2. The zero-order valence-electron chi connectivity index (χ0n) is 11.3. The first kappa shape index (κ1) is 14.8. The number of carbonyl (C=O) groups excluding carboxylic acids is 1. The molecule has 2 atom stereocenters. The Kier molecular flexibility index (Phi) is 3.75. The van der Waals surface area contributed by atoms with Crippen molar-refractivity contribution in [2.75, 3.05) is 5.32 Å². The van der Waals surface area contributed by atoms with Crippen LogP contribution in [0.4, 0.5) is 5.82 Å². The highest BCUT2D eigenvalue weighted by Crippen LogP contribution is 2.38. The summed E-state index contributed by atoms with van der Waals surface area (Å²) in [5.41, 5.74) is 0.257. The third-order valence-electron chi connectivity index (χ3n) is 3.65. The Morgan fingerprint density at radius 3 is 2.86 bits per heavy atom. The number of rotatable bonds is 3. The Hall–Kier alpha value is -2.14. The molecule has 1 fully saturated rings. The normalized spacial score (nSPS) is 19.5. The molecule has 8 heteroatoms. The van der Waals surface area contributed by atoms with Crippen LogP contribution < -0.4 is 10.8 Å². The summed E-state index contributed by atoms with van der Waals surface area (Å²) in [5.74, 6) is -0.396. The average Bonchev–Trinajstić information content (AvgIpc) is 3.26. The van der Waals surface area contributed by atoms with Crippen molar-refractivity contribution in [2.24, 2.45) is 11.8 Å². The molecule has 1 saturated carbocycles. The lowest BCUT2D eigenvalue weighted by Gasteiger charge is -2.08. The fraction of sp³-hybridized carbons (Fsp3) is 0.214. The predicted octanol–water partition coefficient (Wildman–Crippen LogP) is 0.666. The van der Waals surface area contributed by atoms with E-state index in [0.717, 1.165) is 0 Å². The van der Waals surface area contributed by atoms with Gasteiger partial charge in [-0.25, -0.2) is 4.98 Å². The minimum atomic E-state index is -1.63. The average molecular weight is 316 g/mol. The van der Waals surface area contributed by atoms with Gasteiger partial charge in [0.1, 0.15) is 5.82 Å². The first-order chi connectivity index (χ1) is 10.5. The number of pyridine rings is 1. The van der Waals surface area contributed by atoms with Gasteiger partial charge >= 0.3 is 7.12 Å². The molecule has 1 aliphatic carbocycles. The molecule has 0 bridgehead atoms. The largest absolute Gasteiger partial charge is 0.488 e. The standard InChI is InChI=1S/C14H11BClN3O3/c16-12-4-9(15(21)22)1-7-3-13(18-6-11(7)12)19-14(20)10-2-8(10)5-17/h1,3-4,6,8,10,21-22H,2H2,(H,18,19,20)/t8-,10+/m0/s1. The van der Waals surface area contributed by atoms with Crippen LogP contribution in [0.15, 0.2) is 24.4 Å². The zero-order chi connectivity index (χ0) is 15.9. The Morgan fingerprint density at radius 1 is 1.45 bits per heavy atom. The smallest absolute Gasteiger partial charge is 0.423 e. The van der Waals surface area contributed by atoms with Crippen molar-refractivity contribution < 1.29 is 14.8 Å². The molecule has 1 aromatic carbocycles. The molecule has 0 radical (unpaired) electrons. The maximum absolute atomic E-state index is 11.9. The fourth-order valence-corrected chi connectivity index (χ4v) is 2.58. The van der Waals surface area contributed by atoms with Crippen LogP contribution in [0.1, 0.15) is 6.42 Å². The summed E-state index contributed by atoms with van der Waals surface area (Å²) in [6.45, 7) is 0. The second-order valence-electron chi connectivity index (χ2n) is 5.23. The van der Waals surface area contributed by atoms with Gasteiger partial charge < -0.3 is 15.4 Å². The highest BCUT2D eigenvalue weighted by molar-refractivity contribution is 6.59. The number of amides is 1. The van der Waals surface area contributed by atoms with Crippen molar-refractivity contribution in [3.05, 3.63) is 29.4 Å². The lowest BCUT2D eigenvalue weighted by atomic mass is 9.79.